The molecule has 2 fully saturated rings. The van der Waals surface area contributed by atoms with Gasteiger partial charge < -0.3 is 15.4 Å². The van der Waals surface area contributed by atoms with Crippen LogP contribution in [0.5, 0.6) is 5.88 Å². The Hall–Kier alpha value is -2.09. The predicted octanol–water partition coefficient (Wildman–Crippen LogP) is 4.61. The molecule has 30 heavy (non-hydrogen) atoms. The van der Waals surface area contributed by atoms with Crippen molar-refractivity contribution in [2.45, 2.75) is 83.1 Å². The predicted molar refractivity (Wildman–Crippen MR) is 118 cm³/mol. The quantitative estimate of drug-likeness (QED) is 0.595. The molecular formula is C22H32N4O3S. The van der Waals surface area contributed by atoms with Gasteiger partial charge in [-0.05, 0) is 24.7 Å². The van der Waals surface area contributed by atoms with Crippen LogP contribution in [0.25, 0.3) is 0 Å². The highest BCUT2D eigenvalue weighted by Gasteiger charge is 2.31. The van der Waals surface area contributed by atoms with Crippen LogP contribution < -0.4 is 11.0 Å². The third kappa shape index (κ3) is 4.96. The smallest absolute Gasteiger partial charge is 0.329 e. The number of thiazole rings is 1. The van der Waals surface area contributed by atoms with Crippen LogP contribution in [0.1, 0.15) is 82.4 Å². The van der Waals surface area contributed by atoms with Crippen LogP contribution in [0.4, 0.5) is 5.13 Å². The minimum atomic E-state index is -0.735. The summed E-state index contributed by atoms with van der Waals surface area (Å²) in [4.78, 5) is 33.0. The van der Waals surface area contributed by atoms with Crippen molar-refractivity contribution in [3.63, 3.8) is 0 Å². The van der Waals surface area contributed by atoms with Gasteiger partial charge >= 0.3 is 5.69 Å². The molecule has 164 valence electrons. The standard InChI is InChI=1S/C22H32N4O3S/c27-19(25-21-23-11-12-30-21)18(14-16-9-5-2-6-10-16)26-20(28)17(24-22(26)29)13-15-7-3-1-4-8-15/h11-12,15-16,18,28H,1-10,13-14H2,(H,24,29)(H,23,25,27)/t18-/m0/s1. The van der Waals surface area contributed by atoms with E-state index in [-0.39, 0.29) is 11.8 Å². The van der Waals surface area contributed by atoms with Gasteiger partial charge in [-0.25, -0.2) is 9.78 Å². The van der Waals surface area contributed by atoms with Crippen molar-refractivity contribution in [3.8, 4) is 5.88 Å². The number of aromatic hydroxyl groups is 1. The number of carbonyl (C=O) groups excluding carboxylic acids is 1. The number of imidazole rings is 1. The van der Waals surface area contributed by atoms with E-state index in [0.717, 1.165) is 38.5 Å². The summed E-state index contributed by atoms with van der Waals surface area (Å²) in [5, 5.41) is 16.1. The lowest BCUT2D eigenvalue weighted by molar-refractivity contribution is -0.120. The first-order valence-corrected chi connectivity index (χ1v) is 12.2. The molecule has 2 heterocycles. The molecule has 3 N–H and O–H groups in total. The van der Waals surface area contributed by atoms with E-state index >= 15 is 0 Å². The second-order valence-corrected chi connectivity index (χ2v) is 9.79. The molecule has 1 atom stereocenters. The Morgan fingerprint density at radius 3 is 2.47 bits per heavy atom. The number of H-pyrrole nitrogens is 1. The Kier molecular flexibility index (Phi) is 6.92. The zero-order valence-electron chi connectivity index (χ0n) is 17.4. The van der Waals surface area contributed by atoms with Gasteiger partial charge in [0.1, 0.15) is 6.04 Å². The summed E-state index contributed by atoms with van der Waals surface area (Å²) in [6, 6.07) is -0.735. The lowest BCUT2D eigenvalue weighted by atomic mass is 9.84. The van der Waals surface area contributed by atoms with Gasteiger partial charge in [0.25, 0.3) is 0 Å². The summed E-state index contributed by atoms with van der Waals surface area (Å²) in [6.07, 6.45) is 14.5. The fraction of sp³-hybridized carbons (Fsp3) is 0.682. The third-order valence-electron chi connectivity index (χ3n) is 6.75. The van der Waals surface area contributed by atoms with Gasteiger partial charge in [-0.3, -0.25) is 9.36 Å². The molecule has 7 nitrogen and oxygen atoms in total. The van der Waals surface area contributed by atoms with Gasteiger partial charge in [-0.2, -0.15) is 0 Å². The monoisotopic (exact) mass is 432 g/mol. The Balaban J connectivity index is 1.58. The Morgan fingerprint density at radius 2 is 1.83 bits per heavy atom. The van der Waals surface area contributed by atoms with E-state index in [4.69, 9.17) is 0 Å². The van der Waals surface area contributed by atoms with Crippen molar-refractivity contribution in [2.24, 2.45) is 11.8 Å². The van der Waals surface area contributed by atoms with Crippen LogP contribution >= 0.6 is 11.3 Å². The zero-order valence-corrected chi connectivity index (χ0v) is 18.3. The van der Waals surface area contributed by atoms with E-state index in [0.29, 0.717) is 35.5 Å². The number of nitrogens with zero attached hydrogens (tertiary/aromatic N) is 2. The lowest BCUT2D eigenvalue weighted by Gasteiger charge is -2.26. The molecule has 2 aromatic heterocycles. The van der Waals surface area contributed by atoms with E-state index in [9.17, 15) is 14.7 Å². The summed E-state index contributed by atoms with van der Waals surface area (Å²) in [7, 11) is 0. The Labute approximate surface area is 180 Å². The highest BCUT2D eigenvalue weighted by atomic mass is 32.1. The second-order valence-electron chi connectivity index (χ2n) is 8.89. The maximum atomic E-state index is 13.2. The topological polar surface area (TPSA) is 100 Å². The minimum Gasteiger partial charge on any atom is -0.493 e. The number of nitrogens with one attached hydrogen (secondary N) is 2. The molecule has 0 bridgehead atoms. The summed E-state index contributed by atoms with van der Waals surface area (Å²) >= 11 is 1.35. The zero-order chi connectivity index (χ0) is 20.9. The van der Waals surface area contributed by atoms with Crippen molar-refractivity contribution < 1.29 is 9.90 Å². The van der Waals surface area contributed by atoms with E-state index < -0.39 is 11.7 Å². The molecule has 0 spiro atoms. The maximum absolute atomic E-state index is 13.2. The van der Waals surface area contributed by atoms with Crippen molar-refractivity contribution in [1.82, 2.24) is 14.5 Å². The van der Waals surface area contributed by atoms with Gasteiger partial charge in [0.15, 0.2) is 5.13 Å². The lowest BCUT2D eigenvalue weighted by Crippen LogP contribution is -2.33. The van der Waals surface area contributed by atoms with E-state index in [1.807, 2.05) is 0 Å². The van der Waals surface area contributed by atoms with Crippen LogP contribution in [0.2, 0.25) is 0 Å². The third-order valence-corrected chi connectivity index (χ3v) is 7.44. The van der Waals surface area contributed by atoms with Crippen LogP contribution in [-0.2, 0) is 11.2 Å². The minimum absolute atomic E-state index is 0.0688. The van der Waals surface area contributed by atoms with E-state index in [2.05, 4.69) is 15.3 Å². The van der Waals surface area contributed by atoms with Gasteiger partial charge in [0, 0.05) is 11.6 Å². The number of amides is 1. The van der Waals surface area contributed by atoms with Gasteiger partial charge in [0.05, 0.1) is 5.69 Å². The molecule has 8 heteroatoms. The van der Waals surface area contributed by atoms with Crippen molar-refractivity contribution >= 4 is 22.4 Å². The molecular weight excluding hydrogens is 400 g/mol. The molecule has 4 rings (SSSR count). The molecule has 2 saturated carbocycles. The van der Waals surface area contributed by atoms with Crippen LogP contribution in [0, 0.1) is 11.8 Å². The fourth-order valence-corrected chi connectivity index (χ4v) is 5.67. The highest BCUT2D eigenvalue weighted by molar-refractivity contribution is 7.13. The normalized spacial score (nSPS) is 19.6. The number of hydrogen-bond acceptors (Lipinski definition) is 5. The number of carbonyl (C=O) groups is 1. The Morgan fingerprint density at radius 1 is 1.17 bits per heavy atom. The first-order valence-electron chi connectivity index (χ1n) is 11.3. The SMILES string of the molecule is O=C(Nc1nccs1)[C@H](CC1CCCCC1)n1c(O)c(CC2CCCCC2)[nH]c1=O. The van der Waals surface area contributed by atoms with Crippen molar-refractivity contribution in [1.29, 1.82) is 0 Å². The van der Waals surface area contributed by atoms with Crippen molar-refractivity contribution in [2.75, 3.05) is 5.32 Å². The number of anilines is 1. The molecule has 0 aliphatic heterocycles. The molecule has 2 aliphatic rings. The molecule has 0 radical (unpaired) electrons. The molecule has 0 saturated heterocycles. The molecule has 0 aromatic carbocycles. The van der Waals surface area contributed by atoms with Crippen LogP contribution in [0.3, 0.4) is 0 Å². The Bertz CT molecular complexity index is 877. The van der Waals surface area contributed by atoms with Gasteiger partial charge in [-0.15, -0.1) is 11.3 Å². The molecule has 1 amide bonds. The van der Waals surface area contributed by atoms with Gasteiger partial charge in [0.2, 0.25) is 11.8 Å². The number of hydrogen-bond donors (Lipinski definition) is 3. The first-order chi connectivity index (χ1) is 14.6. The molecule has 2 aromatic rings. The number of aromatic amines is 1. The van der Waals surface area contributed by atoms with E-state index in [1.54, 1.807) is 11.6 Å². The fourth-order valence-electron chi connectivity index (χ4n) is 5.14. The first kappa shape index (κ1) is 21.2. The highest BCUT2D eigenvalue weighted by Crippen LogP contribution is 2.34. The summed E-state index contributed by atoms with van der Waals surface area (Å²) in [6.45, 7) is 0. The summed E-state index contributed by atoms with van der Waals surface area (Å²) in [5.74, 6) is 0.516. The maximum Gasteiger partial charge on any atom is 0.329 e. The van der Waals surface area contributed by atoms with Crippen LogP contribution in [-0.4, -0.2) is 25.5 Å². The van der Waals surface area contributed by atoms with E-state index in [1.165, 1.54) is 41.6 Å². The van der Waals surface area contributed by atoms with Crippen LogP contribution in [0.15, 0.2) is 16.4 Å². The summed E-state index contributed by atoms with van der Waals surface area (Å²) < 4.78 is 1.29. The van der Waals surface area contributed by atoms with Crippen molar-refractivity contribution in [3.05, 3.63) is 27.8 Å². The second kappa shape index (κ2) is 9.81. The number of rotatable bonds is 7. The van der Waals surface area contributed by atoms with Gasteiger partial charge in [-0.1, -0.05) is 64.2 Å². The summed E-state index contributed by atoms with van der Waals surface area (Å²) in [5.41, 5.74) is 0.177. The number of aromatic nitrogens is 3. The average molecular weight is 433 g/mol. The molecule has 2 aliphatic carbocycles. The largest absolute Gasteiger partial charge is 0.493 e. The average Bonchev–Trinajstić information content (AvgIpc) is 3.36. The molecule has 0 unspecified atom stereocenters.